The first-order valence-corrected chi connectivity index (χ1v) is 9.55. The zero-order valence-corrected chi connectivity index (χ0v) is 18.6. The van der Waals surface area contributed by atoms with Gasteiger partial charge in [-0.2, -0.15) is 0 Å². The highest BCUT2D eigenvalue weighted by molar-refractivity contribution is 14.1. The summed E-state index contributed by atoms with van der Waals surface area (Å²) in [4.78, 5) is 8.29. The maximum absolute atomic E-state index is 4.31. The Bertz CT molecular complexity index is 464. The summed E-state index contributed by atoms with van der Waals surface area (Å²) in [7, 11) is 1.84. The highest BCUT2D eigenvalue weighted by atomic mass is 127. The third-order valence-corrected chi connectivity index (χ3v) is 5.88. The van der Waals surface area contributed by atoms with E-state index in [4.69, 9.17) is 0 Å². The van der Waals surface area contributed by atoms with E-state index in [9.17, 15) is 0 Å². The Balaban J connectivity index is 0.00000242. The zero-order valence-electron chi connectivity index (χ0n) is 13.3. The molecule has 1 fully saturated rings. The van der Waals surface area contributed by atoms with Crippen molar-refractivity contribution in [3.8, 4) is 0 Å². The minimum absolute atomic E-state index is 0. The van der Waals surface area contributed by atoms with Crippen LogP contribution in [0.5, 0.6) is 0 Å². The average Bonchev–Trinajstić information content (AvgIpc) is 3.11. The lowest BCUT2D eigenvalue weighted by molar-refractivity contribution is 0.267. The van der Waals surface area contributed by atoms with Crippen molar-refractivity contribution in [2.45, 2.75) is 32.2 Å². The van der Waals surface area contributed by atoms with Crippen molar-refractivity contribution in [1.29, 1.82) is 0 Å². The molecule has 4 nitrogen and oxygen atoms in total. The lowest BCUT2D eigenvalue weighted by Crippen LogP contribution is -2.45. The van der Waals surface area contributed by atoms with Gasteiger partial charge in [0, 0.05) is 31.1 Å². The van der Waals surface area contributed by atoms with Crippen LogP contribution in [0.2, 0.25) is 0 Å². The van der Waals surface area contributed by atoms with Gasteiger partial charge in [-0.1, -0.05) is 6.92 Å². The molecule has 1 aliphatic heterocycles. The van der Waals surface area contributed by atoms with Crippen LogP contribution in [0.1, 0.15) is 24.6 Å². The Labute approximate surface area is 168 Å². The Morgan fingerprint density at radius 2 is 2.27 bits per heavy atom. The highest BCUT2D eigenvalue weighted by Crippen LogP contribution is 2.18. The van der Waals surface area contributed by atoms with E-state index in [0.29, 0.717) is 6.04 Å². The molecule has 1 aromatic rings. The molecule has 0 saturated carbocycles. The number of aliphatic imine (C=N–C) groups is 1. The predicted octanol–water partition coefficient (Wildman–Crippen LogP) is 3.16. The van der Waals surface area contributed by atoms with Gasteiger partial charge in [-0.3, -0.25) is 9.89 Å². The van der Waals surface area contributed by atoms with E-state index < -0.39 is 0 Å². The van der Waals surface area contributed by atoms with Gasteiger partial charge >= 0.3 is 0 Å². The molecule has 1 unspecified atom stereocenters. The molecule has 1 aliphatic rings. The molecule has 1 aromatic heterocycles. The number of nitrogens with zero attached hydrogens (tertiary/aromatic N) is 2. The van der Waals surface area contributed by atoms with E-state index in [0.717, 1.165) is 32.0 Å². The van der Waals surface area contributed by atoms with E-state index in [1.807, 2.05) is 18.4 Å². The quantitative estimate of drug-likeness (QED) is 0.326. The molecule has 0 aromatic carbocycles. The fraction of sp³-hybridized carbons (Fsp3) is 0.667. The van der Waals surface area contributed by atoms with Crippen LogP contribution in [0.4, 0.5) is 0 Å². The molecule has 2 rings (SSSR count). The molecular formula is C15H26I2N4S. The smallest absolute Gasteiger partial charge is 0.191 e. The van der Waals surface area contributed by atoms with E-state index in [2.05, 4.69) is 62.2 Å². The Kier molecular flexibility index (Phi) is 10.2. The van der Waals surface area contributed by atoms with E-state index in [-0.39, 0.29) is 24.0 Å². The lowest BCUT2D eigenvalue weighted by atomic mass is 10.2. The maximum Gasteiger partial charge on any atom is 0.191 e. The molecule has 22 heavy (non-hydrogen) atoms. The number of likely N-dealkylation sites (tertiary alicyclic amines) is 1. The van der Waals surface area contributed by atoms with Gasteiger partial charge in [-0.25, -0.2) is 0 Å². The third kappa shape index (κ3) is 6.48. The second-order valence-corrected chi connectivity index (χ2v) is 8.32. The standard InChI is InChI=1S/C15H25IN4S.HI/c1-3-20-10-4-5-12(20)11-19-15(17-2)18-9-8-13-6-7-14(16)21-13;/h6-7,12H,3-5,8-11H2,1-2H3,(H2,17,18,19);1H. The van der Waals surface area contributed by atoms with E-state index >= 15 is 0 Å². The van der Waals surface area contributed by atoms with Crippen LogP contribution in [0.15, 0.2) is 17.1 Å². The molecule has 2 heterocycles. The van der Waals surface area contributed by atoms with Crippen molar-refractivity contribution in [3.05, 3.63) is 19.9 Å². The number of hydrogen-bond acceptors (Lipinski definition) is 3. The molecule has 2 N–H and O–H groups in total. The van der Waals surface area contributed by atoms with Gasteiger partial charge in [0.15, 0.2) is 5.96 Å². The minimum Gasteiger partial charge on any atom is -0.356 e. The van der Waals surface area contributed by atoms with Crippen LogP contribution in [0.25, 0.3) is 0 Å². The van der Waals surface area contributed by atoms with Crippen LogP contribution in [0, 0.1) is 2.88 Å². The first-order valence-electron chi connectivity index (χ1n) is 7.65. The van der Waals surface area contributed by atoms with Crippen molar-refractivity contribution in [2.24, 2.45) is 4.99 Å². The molecule has 1 saturated heterocycles. The molecule has 0 bridgehead atoms. The fourth-order valence-electron chi connectivity index (χ4n) is 2.77. The summed E-state index contributed by atoms with van der Waals surface area (Å²) in [5.41, 5.74) is 0. The lowest BCUT2D eigenvalue weighted by Gasteiger charge is -2.23. The monoisotopic (exact) mass is 548 g/mol. The number of nitrogens with one attached hydrogen (secondary N) is 2. The van der Waals surface area contributed by atoms with Crippen molar-refractivity contribution in [2.75, 3.05) is 33.2 Å². The van der Waals surface area contributed by atoms with Crippen molar-refractivity contribution in [3.63, 3.8) is 0 Å². The Morgan fingerprint density at radius 3 is 2.91 bits per heavy atom. The van der Waals surface area contributed by atoms with Gasteiger partial charge < -0.3 is 10.6 Å². The fourth-order valence-corrected chi connectivity index (χ4v) is 4.52. The van der Waals surface area contributed by atoms with E-state index in [1.165, 1.54) is 27.1 Å². The molecule has 0 amide bonds. The third-order valence-electron chi connectivity index (χ3n) is 3.93. The molecule has 0 spiro atoms. The van der Waals surface area contributed by atoms with Gasteiger partial charge in [-0.15, -0.1) is 35.3 Å². The summed E-state index contributed by atoms with van der Waals surface area (Å²) >= 11 is 4.23. The summed E-state index contributed by atoms with van der Waals surface area (Å²) in [6.07, 6.45) is 3.67. The molecular weight excluding hydrogens is 522 g/mol. The normalized spacial score (nSPS) is 19.0. The van der Waals surface area contributed by atoms with Crippen LogP contribution in [-0.4, -0.2) is 50.1 Å². The number of halogens is 2. The van der Waals surface area contributed by atoms with Crippen LogP contribution < -0.4 is 10.6 Å². The minimum atomic E-state index is 0. The van der Waals surface area contributed by atoms with Crippen LogP contribution in [0.3, 0.4) is 0 Å². The number of guanidine groups is 1. The first kappa shape index (κ1) is 20.4. The van der Waals surface area contributed by atoms with Crippen LogP contribution >= 0.6 is 57.9 Å². The largest absolute Gasteiger partial charge is 0.356 e. The molecule has 126 valence electrons. The van der Waals surface area contributed by atoms with Gasteiger partial charge in [0.25, 0.3) is 0 Å². The second kappa shape index (κ2) is 11.0. The number of hydrogen-bond donors (Lipinski definition) is 2. The summed E-state index contributed by atoms with van der Waals surface area (Å²) < 4.78 is 1.35. The summed E-state index contributed by atoms with van der Waals surface area (Å²) in [5.74, 6) is 0.921. The van der Waals surface area contributed by atoms with Gasteiger partial charge in [0.05, 0.1) is 2.88 Å². The maximum atomic E-state index is 4.31. The predicted molar refractivity (Wildman–Crippen MR) is 116 cm³/mol. The number of thiophene rings is 1. The summed E-state index contributed by atoms with van der Waals surface area (Å²) in [6, 6.07) is 5.04. The molecule has 0 aliphatic carbocycles. The van der Waals surface area contributed by atoms with E-state index in [1.54, 1.807) is 0 Å². The molecule has 0 radical (unpaired) electrons. The Hall–Kier alpha value is 0.390. The van der Waals surface area contributed by atoms with Crippen molar-refractivity contribution in [1.82, 2.24) is 15.5 Å². The molecule has 7 heteroatoms. The topological polar surface area (TPSA) is 39.7 Å². The van der Waals surface area contributed by atoms with Crippen molar-refractivity contribution < 1.29 is 0 Å². The van der Waals surface area contributed by atoms with Gasteiger partial charge in [0.2, 0.25) is 0 Å². The van der Waals surface area contributed by atoms with Gasteiger partial charge in [0.1, 0.15) is 0 Å². The number of rotatable bonds is 6. The molecule has 1 atom stereocenters. The Morgan fingerprint density at radius 1 is 1.45 bits per heavy atom. The summed E-state index contributed by atoms with van der Waals surface area (Å²) in [6.45, 7) is 6.55. The first-order chi connectivity index (χ1) is 10.2. The van der Waals surface area contributed by atoms with Crippen molar-refractivity contribution >= 4 is 63.9 Å². The zero-order chi connectivity index (χ0) is 15.1. The second-order valence-electron chi connectivity index (χ2n) is 5.26. The SMILES string of the molecule is CCN1CCCC1CNC(=NC)NCCc1ccc(I)s1.I. The average molecular weight is 548 g/mol. The summed E-state index contributed by atoms with van der Waals surface area (Å²) in [5, 5.41) is 6.87. The van der Waals surface area contributed by atoms with Crippen LogP contribution in [-0.2, 0) is 6.42 Å². The van der Waals surface area contributed by atoms with Gasteiger partial charge in [-0.05, 0) is 67.1 Å². The highest BCUT2D eigenvalue weighted by Gasteiger charge is 2.22. The number of likely N-dealkylation sites (N-methyl/N-ethyl adjacent to an activating group) is 1.